The van der Waals surface area contributed by atoms with Crippen molar-refractivity contribution in [3.63, 3.8) is 0 Å². The fraction of sp³-hybridized carbons (Fsp3) is 0.188. The van der Waals surface area contributed by atoms with Crippen LogP contribution < -0.4 is 4.74 Å². The number of ether oxygens (including phenoxy) is 1. The minimum Gasteiger partial charge on any atom is -0.496 e. The molecule has 0 unspecified atom stereocenters. The molecule has 0 aromatic heterocycles. The van der Waals surface area contributed by atoms with Crippen LogP contribution in [0.5, 0.6) is 5.75 Å². The van der Waals surface area contributed by atoms with E-state index in [4.69, 9.17) is 9.84 Å². The maximum absolute atomic E-state index is 10.9. The third-order valence-electron chi connectivity index (χ3n) is 3.08. The van der Waals surface area contributed by atoms with Crippen LogP contribution in [0.4, 0.5) is 0 Å². The number of rotatable bonds is 4. The summed E-state index contributed by atoms with van der Waals surface area (Å²) in [5.41, 5.74) is 3.97. The van der Waals surface area contributed by atoms with Crippen molar-refractivity contribution in [2.75, 3.05) is 7.11 Å². The van der Waals surface area contributed by atoms with Gasteiger partial charge in [-0.1, -0.05) is 30.3 Å². The van der Waals surface area contributed by atoms with Crippen LogP contribution in [0.3, 0.4) is 0 Å². The van der Waals surface area contributed by atoms with E-state index in [2.05, 4.69) is 0 Å². The molecule has 0 bridgehead atoms. The van der Waals surface area contributed by atoms with Crippen LogP contribution in [0, 0.1) is 6.92 Å². The Balaban J connectivity index is 2.48. The third-order valence-corrected chi connectivity index (χ3v) is 3.08. The van der Waals surface area contributed by atoms with E-state index in [1.54, 1.807) is 7.11 Å². The predicted octanol–water partition coefficient (Wildman–Crippen LogP) is 3.30. The first-order chi connectivity index (χ1) is 9.11. The first-order valence-electron chi connectivity index (χ1n) is 6.06. The average molecular weight is 256 g/mol. The lowest BCUT2D eigenvalue weighted by atomic mass is 9.97. The standard InChI is InChI=1S/C16H16O3/c1-11-5-3-4-6-14(11)12-7-8-15(19-2)13(9-12)10-16(17)18/h3-9H,10H2,1-2H3,(H,17,18). The fourth-order valence-corrected chi connectivity index (χ4v) is 2.14. The molecule has 3 nitrogen and oxygen atoms in total. The highest BCUT2D eigenvalue weighted by molar-refractivity contribution is 5.74. The van der Waals surface area contributed by atoms with E-state index in [0.717, 1.165) is 16.7 Å². The van der Waals surface area contributed by atoms with E-state index >= 15 is 0 Å². The monoisotopic (exact) mass is 256 g/mol. The summed E-state index contributed by atoms with van der Waals surface area (Å²) in [5.74, 6) is -0.250. The SMILES string of the molecule is COc1ccc(-c2ccccc2C)cc1CC(=O)O. The van der Waals surface area contributed by atoms with Crippen LogP contribution in [0.25, 0.3) is 11.1 Å². The Morgan fingerprint density at radius 1 is 1.21 bits per heavy atom. The van der Waals surface area contributed by atoms with Gasteiger partial charge in [0.05, 0.1) is 13.5 Å². The number of methoxy groups -OCH3 is 1. The summed E-state index contributed by atoms with van der Waals surface area (Å²) in [4.78, 5) is 10.9. The molecule has 0 saturated heterocycles. The summed E-state index contributed by atoms with van der Waals surface area (Å²) in [6.07, 6.45) is -0.0388. The summed E-state index contributed by atoms with van der Waals surface area (Å²) in [5, 5.41) is 8.95. The Bertz CT molecular complexity index is 603. The zero-order valence-corrected chi connectivity index (χ0v) is 11.0. The van der Waals surface area contributed by atoms with Crippen molar-refractivity contribution >= 4 is 5.97 Å². The smallest absolute Gasteiger partial charge is 0.307 e. The summed E-state index contributed by atoms with van der Waals surface area (Å²) in [6, 6.07) is 13.7. The van der Waals surface area contributed by atoms with E-state index in [1.807, 2.05) is 49.4 Å². The number of carbonyl (C=O) groups is 1. The summed E-state index contributed by atoms with van der Waals surface area (Å²) in [7, 11) is 1.55. The number of aliphatic carboxylic acids is 1. The maximum atomic E-state index is 10.9. The van der Waals surface area contributed by atoms with Gasteiger partial charge in [-0.25, -0.2) is 0 Å². The van der Waals surface area contributed by atoms with E-state index in [0.29, 0.717) is 11.3 Å². The quantitative estimate of drug-likeness (QED) is 0.913. The van der Waals surface area contributed by atoms with Crippen molar-refractivity contribution < 1.29 is 14.6 Å². The van der Waals surface area contributed by atoms with Gasteiger partial charge in [0.1, 0.15) is 5.75 Å². The zero-order chi connectivity index (χ0) is 13.8. The molecule has 2 aromatic carbocycles. The Kier molecular flexibility index (Phi) is 3.85. The van der Waals surface area contributed by atoms with Crippen LogP contribution in [0.15, 0.2) is 42.5 Å². The fourth-order valence-electron chi connectivity index (χ4n) is 2.14. The molecule has 0 radical (unpaired) electrons. The molecule has 98 valence electrons. The van der Waals surface area contributed by atoms with Crippen molar-refractivity contribution in [2.24, 2.45) is 0 Å². The van der Waals surface area contributed by atoms with Crippen LogP contribution in [0.1, 0.15) is 11.1 Å². The first kappa shape index (κ1) is 13.1. The van der Waals surface area contributed by atoms with E-state index in [9.17, 15) is 4.79 Å². The van der Waals surface area contributed by atoms with E-state index in [1.165, 1.54) is 0 Å². The lowest BCUT2D eigenvalue weighted by molar-refractivity contribution is -0.136. The maximum Gasteiger partial charge on any atom is 0.307 e. The molecule has 2 aromatic rings. The number of benzene rings is 2. The lowest BCUT2D eigenvalue weighted by Gasteiger charge is -2.11. The van der Waals surface area contributed by atoms with Crippen LogP contribution in [-0.2, 0) is 11.2 Å². The molecule has 0 amide bonds. The molecule has 0 fully saturated rings. The van der Waals surface area contributed by atoms with Crippen molar-refractivity contribution in [1.29, 1.82) is 0 Å². The summed E-state index contributed by atoms with van der Waals surface area (Å²) < 4.78 is 5.20. The largest absolute Gasteiger partial charge is 0.496 e. The molecular weight excluding hydrogens is 240 g/mol. The zero-order valence-electron chi connectivity index (χ0n) is 11.0. The van der Waals surface area contributed by atoms with E-state index in [-0.39, 0.29) is 6.42 Å². The molecule has 0 aliphatic carbocycles. The Hall–Kier alpha value is -2.29. The van der Waals surface area contributed by atoms with Gasteiger partial charge in [-0.2, -0.15) is 0 Å². The highest BCUT2D eigenvalue weighted by Crippen LogP contribution is 2.28. The second-order valence-electron chi connectivity index (χ2n) is 4.41. The molecule has 0 aliphatic rings. The van der Waals surface area contributed by atoms with Crippen molar-refractivity contribution in [1.82, 2.24) is 0 Å². The third kappa shape index (κ3) is 2.94. The summed E-state index contributed by atoms with van der Waals surface area (Å²) in [6.45, 7) is 2.04. The highest BCUT2D eigenvalue weighted by Gasteiger charge is 2.10. The number of aryl methyl sites for hydroxylation is 1. The molecule has 3 heteroatoms. The van der Waals surface area contributed by atoms with Gasteiger partial charge in [0.15, 0.2) is 0 Å². The van der Waals surface area contributed by atoms with Gasteiger partial charge in [-0.15, -0.1) is 0 Å². The van der Waals surface area contributed by atoms with E-state index < -0.39 is 5.97 Å². The lowest BCUT2D eigenvalue weighted by Crippen LogP contribution is -2.02. The molecule has 19 heavy (non-hydrogen) atoms. The number of hydrogen-bond donors (Lipinski definition) is 1. The van der Waals surface area contributed by atoms with Gasteiger partial charge in [-0.05, 0) is 35.7 Å². The van der Waals surface area contributed by atoms with Crippen molar-refractivity contribution in [2.45, 2.75) is 13.3 Å². The van der Waals surface area contributed by atoms with Gasteiger partial charge < -0.3 is 9.84 Å². The second kappa shape index (κ2) is 5.57. The van der Waals surface area contributed by atoms with Gasteiger partial charge in [0, 0.05) is 5.56 Å². The number of carboxylic acid groups (broad SMARTS) is 1. The molecule has 1 N–H and O–H groups in total. The molecule has 0 heterocycles. The molecule has 0 spiro atoms. The topological polar surface area (TPSA) is 46.5 Å². The second-order valence-corrected chi connectivity index (χ2v) is 4.41. The summed E-state index contributed by atoms with van der Waals surface area (Å²) >= 11 is 0. The normalized spacial score (nSPS) is 10.2. The van der Waals surface area contributed by atoms with Crippen LogP contribution in [-0.4, -0.2) is 18.2 Å². The van der Waals surface area contributed by atoms with Crippen molar-refractivity contribution in [3.05, 3.63) is 53.6 Å². The molecular formula is C16H16O3. The van der Waals surface area contributed by atoms with Crippen LogP contribution in [0.2, 0.25) is 0 Å². The number of hydrogen-bond acceptors (Lipinski definition) is 2. The van der Waals surface area contributed by atoms with Crippen LogP contribution >= 0.6 is 0 Å². The minimum absolute atomic E-state index is 0.0388. The highest BCUT2D eigenvalue weighted by atomic mass is 16.5. The van der Waals surface area contributed by atoms with Gasteiger partial charge in [-0.3, -0.25) is 4.79 Å². The number of carboxylic acids is 1. The molecule has 2 rings (SSSR count). The van der Waals surface area contributed by atoms with Gasteiger partial charge >= 0.3 is 5.97 Å². The Labute approximate surface area is 112 Å². The molecule has 0 saturated carbocycles. The van der Waals surface area contributed by atoms with Gasteiger partial charge in [0.25, 0.3) is 0 Å². The molecule has 0 atom stereocenters. The Morgan fingerprint density at radius 3 is 2.58 bits per heavy atom. The van der Waals surface area contributed by atoms with Crippen molar-refractivity contribution in [3.8, 4) is 16.9 Å². The van der Waals surface area contributed by atoms with Gasteiger partial charge in [0.2, 0.25) is 0 Å². The molecule has 0 aliphatic heterocycles. The average Bonchev–Trinajstić information content (AvgIpc) is 2.38. The Morgan fingerprint density at radius 2 is 1.95 bits per heavy atom. The minimum atomic E-state index is -0.861. The predicted molar refractivity (Wildman–Crippen MR) is 74.5 cm³/mol. The first-order valence-corrected chi connectivity index (χ1v) is 6.06.